The number of hydrogen-bond donors (Lipinski definition) is 1. The second-order valence-electron chi connectivity index (χ2n) is 5.70. The molecule has 21 heavy (non-hydrogen) atoms. The Morgan fingerprint density at radius 3 is 2.71 bits per heavy atom. The highest BCUT2D eigenvalue weighted by Gasteiger charge is 2.22. The van der Waals surface area contributed by atoms with Crippen molar-refractivity contribution in [3.63, 3.8) is 0 Å². The van der Waals surface area contributed by atoms with Gasteiger partial charge in [0, 0.05) is 22.8 Å². The zero-order valence-electron chi connectivity index (χ0n) is 12.0. The molecule has 1 aromatic carbocycles. The molecule has 0 aromatic heterocycles. The number of amides is 1. The summed E-state index contributed by atoms with van der Waals surface area (Å²) < 4.78 is 22.6. The minimum absolute atomic E-state index is 0.0529. The van der Waals surface area contributed by atoms with Crippen molar-refractivity contribution in [1.29, 1.82) is 0 Å². The second kappa shape index (κ2) is 6.79. The van der Waals surface area contributed by atoms with Crippen molar-refractivity contribution in [1.82, 2.24) is 5.32 Å². The summed E-state index contributed by atoms with van der Waals surface area (Å²) in [4.78, 5) is 12.1. The van der Waals surface area contributed by atoms with Gasteiger partial charge in [-0.15, -0.1) is 0 Å². The van der Waals surface area contributed by atoms with Gasteiger partial charge in [0.05, 0.1) is 4.90 Å². The highest BCUT2D eigenvalue weighted by atomic mass is 35.7. The van der Waals surface area contributed by atoms with E-state index >= 15 is 0 Å². The maximum Gasteiger partial charge on any atom is 0.261 e. The van der Waals surface area contributed by atoms with Gasteiger partial charge in [0.25, 0.3) is 15.0 Å². The Morgan fingerprint density at radius 1 is 1.33 bits per heavy atom. The molecule has 1 saturated carbocycles. The van der Waals surface area contributed by atoms with Gasteiger partial charge in [-0.1, -0.05) is 32.3 Å². The van der Waals surface area contributed by atoms with E-state index in [-0.39, 0.29) is 10.8 Å². The first kappa shape index (κ1) is 16.3. The topological polar surface area (TPSA) is 63.2 Å². The van der Waals surface area contributed by atoms with E-state index in [0.717, 1.165) is 6.42 Å². The minimum Gasteiger partial charge on any atom is -0.352 e. The summed E-state index contributed by atoms with van der Waals surface area (Å²) in [5.41, 5.74) is 0.320. The first-order valence-electron chi connectivity index (χ1n) is 7.21. The molecule has 2 unspecified atom stereocenters. The van der Waals surface area contributed by atoms with E-state index in [1.165, 1.54) is 37.5 Å². The van der Waals surface area contributed by atoms with Gasteiger partial charge in [-0.2, -0.15) is 0 Å². The average Bonchev–Trinajstić information content (AvgIpc) is 2.45. The van der Waals surface area contributed by atoms with Crippen molar-refractivity contribution in [2.24, 2.45) is 11.8 Å². The Morgan fingerprint density at radius 2 is 2.05 bits per heavy atom. The fraction of sp³-hybridized carbons (Fsp3) is 0.533. The molecule has 2 atom stereocenters. The van der Waals surface area contributed by atoms with Gasteiger partial charge in [-0.25, -0.2) is 8.42 Å². The molecule has 4 nitrogen and oxygen atoms in total. The van der Waals surface area contributed by atoms with Crippen molar-refractivity contribution >= 4 is 25.6 Å². The lowest BCUT2D eigenvalue weighted by Gasteiger charge is -2.28. The zero-order chi connectivity index (χ0) is 15.5. The Hall–Kier alpha value is -1.07. The van der Waals surface area contributed by atoms with Crippen molar-refractivity contribution in [2.45, 2.75) is 37.5 Å². The van der Waals surface area contributed by atoms with Crippen LogP contribution in [-0.2, 0) is 9.05 Å². The third kappa shape index (κ3) is 4.45. The van der Waals surface area contributed by atoms with Crippen LogP contribution in [0, 0.1) is 11.8 Å². The van der Waals surface area contributed by atoms with Crippen LogP contribution in [0.4, 0.5) is 0 Å². The number of carbonyl (C=O) groups excluding carboxylic acids is 1. The first-order chi connectivity index (χ1) is 9.88. The average molecular weight is 330 g/mol. The van der Waals surface area contributed by atoms with Crippen molar-refractivity contribution in [2.75, 3.05) is 6.54 Å². The van der Waals surface area contributed by atoms with Crippen LogP contribution < -0.4 is 5.32 Å². The fourth-order valence-electron chi connectivity index (χ4n) is 2.81. The third-order valence-electron chi connectivity index (χ3n) is 4.19. The lowest BCUT2D eigenvalue weighted by molar-refractivity contribution is 0.0936. The maximum atomic E-state index is 12.1. The molecule has 1 amide bonds. The highest BCUT2D eigenvalue weighted by molar-refractivity contribution is 8.13. The van der Waals surface area contributed by atoms with Crippen LogP contribution in [-0.4, -0.2) is 20.9 Å². The summed E-state index contributed by atoms with van der Waals surface area (Å²) in [6, 6.07) is 5.79. The van der Waals surface area contributed by atoms with Crippen LogP contribution in [0.5, 0.6) is 0 Å². The van der Waals surface area contributed by atoms with Gasteiger partial charge in [0.15, 0.2) is 0 Å². The van der Waals surface area contributed by atoms with Crippen LogP contribution in [0.2, 0.25) is 0 Å². The van der Waals surface area contributed by atoms with Crippen LogP contribution in [0.3, 0.4) is 0 Å². The zero-order valence-corrected chi connectivity index (χ0v) is 13.6. The van der Waals surface area contributed by atoms with E-state index in [2.05, 4.69) is 12.2 Å². The molecule has 2 rings (SSSR count). The van der Waals surface area contributed by atoms with Gasteiger partial charge in [-0.3, -0.25) is 4.79 Å². The fourth-order valence-corrected chi connectivity index (χ4v) is 3.61. The van der Waals surface area contributed by atoms with Crippen LogP contribution in [0.15, 0.2) is 29.2 Å². The molecule has 0 radical (unpaired) electrons. The summed E-state index contributed by atoms with van der Waals surface area (Å²) in [6.07, 6.45) is 4.82. The molecule has 1 N–H and O–H groups in total. The van der Waals surface area contributed by atoms with E-state index in [9.17, 15) is 13.2 Å². The molecule has 1 aliphatic rings. The number of rotatable bonds is 4. The molecular formula is C15H20ClNO3S. The monoisotopic (exact) mass is 329 g/mol. The van der Waals surface area contributed by atoms with Crippen molar-refractivity contribution in [3.8, 4) is 0 Å². The molecule has 0 aliphatic heterocycles. The van der Waals surface area contributed by atoms with Crippen LogP contribution in [0.1, 0.15) is 43.0 Å². The predicted octanol–water partition coefficient (Wildman–Crippen LogP) is 3.17. The standard InChI is InChI=1S/C15H20ClNO3S/c1-11-5-2-3-6-13(11)10-17-15(18)12-7-4-8-14(9-12)21(16,19)20/h4,7-9,11,13H,2-3,5-6,10H2,1H3,(H,17,18). The Kier molecular flexibility index (Phi) is 5.27. The summed E-state index contributed by atoms with van der Waals surface area (Å²) in [6.45, 7) is 2.86. The molecule has 0 heterocycles. The van der Waals surface area contributed by atoms with Gasteiger partial charge >= 0.3 is 0 Å². The number of halogens is 1. The molecular weight excluding hydrogens is 310 g/mol. The van der Waals surface area contributed by atoms with Gasteiger partial charge in [0.2, 0.25) is 0 Å². The van der Waals surface area contributed by atoms with Gasteiger partial charge in [-0.05, 0) is 36.5 Å². The van der Waals surface area contributed by atoms with Gasteiger partial charge in [0.1, 0.15) is 0 Å². The van der Waals surface area contributed by atoms with Crippen LogP contribution >= 0.6 is 10.7 Å². The molecule has 1 aliphatic carbocycles. The number of hydrogen-bond acceptors (Lipinski definition) is 3. The maximum absolute atomic E-state index is 12.1. The molecule has 6 heteroatoms. The normalized spacial score (nSPS) is 22.8. The molecule has 1 fully saturated rings. The molecule has 0 saturated heterocycles. The lowest BCUT2D eigenvalue weighted by Crippen LogP contribution is -2.33. The van der Waals surface area contributed by atoms with Crippen LogP contribution in [0.25, 0.3) is 0 Å². The quantitative estimate of drug-likeness (QED) is 0.863. The summed E-state index contributed by atoms with van der Waals surface area (Å²) in [7, 11) is 1.48. The predicted molar refractivity (Wildman–Crippen MR) is 82.9 cm³/mol. The second-order valence-corrected chi connectivity index (χ2v) is 8.26. The summed E-state index contributed by atoms with van der Waals surface area (Å²) in [5, 5.41) is 2.90. The minimum atomic E-state index is -3.81. The molecule has 0 spiro atoms. The lowest BCUT2D eigenvalue weighted by atomic mass is 9.80. The van der Waals surface area contributed by atoms with E-state index in [4.69, 9.17) is 10.7 Å². The summed E-state index contributed by atoms with van der Waals surface area (Å²) >= 11 is 0. The largest absolute Gasteiger partial charge is 0.352 e. The number of carbonyl (C=O) groups is 1. The van der Waals surface area contributed by atoms with E-state index in [1.54, 1.807) is 6.07 Å². The Bertz CT molecular complexity index is 615. The first-order valence-corrected chi connectivity index (χ1v) is 9.52. The third-order valence-corrected chi connectivity index (χ3v) is 5.54. The Balaban J connectivity index is 2.00. The van der Waals surface area contributed by atoms with Crippen molar-refractivity contribution < 1.29 is 13.2 Å². The van der Waals surface area contributed by atoms with E-state index < -0.39 is 9.05 Å². The van der Waals surface area contributed by atoms with E-state index in [1.807, 2.05) is 0 Å². The highest BCUT2D eigenvalue weighted by Crippen LogP contribution is 2.28. The summed E-state index contributed by atoms with van der Waals surface area (Å²) in [5.74, 6) is 0.867. The molecule has 1 aromatic rings. The number of benzene rings is 1. The smallest absolute Gasteiger partial charge is 0.261 e. The van der Waals surface area contributed by atoms with E-state index in [0.29, 0.717) is 23.9 Å². The van der Waals surface area contributed by atoms with Crippen molar-refractivity contribution in [3.05, 3.63) is 29.8 Å². The number of nitrogens with one attached hydrogen (secondary N) is 1. The molecule has 116 valence electrons. The SMILES string of the molecule is CC1CCCCC1CNC(=O)c1cccc(S(=O)(=O)Cl)c1. The Labute approximate surface area is 130 Å². The molecule has 0 bridgehead atoms. The van der Waals surface area contributed by atoms with Gasteiger partial charge < -0.3 is 5.32 Å².